The predicted octanol–water partition coefficient (Wildman–Crippen LogP) is 8.33. The van der Waals surface area contributed by atoms with E-state index in [0.717, 1.165) is 78.6 Å². The van der Waals surface area contributed by atoms with Crippen LogP contribution in [-0.4, -0.2) is 21.7 Å². The number of hydrogen-bond acceptors (Lipinski definition) is 2. The number of aryl methyl sites for hydroxylation is 1. The Morgan fingerprint density at radius 3 is 2.50 bits per heavy atom. The average Bonchev–Trinajstić information content (AvgIpc) is 3.26. The third-order valence-electron chi connectivity index (χ3n) is 8.13. The highest BCUT2D eigenvalue weighted by Gasteiger charge is 2.29. The van der Waals surface area contributed by atoms with E-state index in [2.05, 4.69) is 18.3 Å². The van der Waals surface area contributed by atoms with Crippen LogP contribution in [0, 0.1) is 18.7 Å². The molecular formula is C32H37ClFN3O. The number of carbonyl (C=O) groups is 1. The number of carbonyl (C=O) groups excluding carboxylic acids is 1. The van der Waals surface area contributed by atoms with Gasteiger partial charge < -0.3 is 5.32 Å². The third kappa shape index (κ3) is 5.88. The molecular weight excluding hydrogens is 497 g/mol. The molecule has 0 spiro atoms. The molecule has 2 aromatic carbocycles. The van der Waals surface area contributed by atoms with Gasteiger partial charge in [0, 0.05) is 11.6 Å². The first-order valence-corrected chi connectivity index (χ1v) is 14.4. The summed E-state index contributed by atoms with van der Waals surface area (Å²) in [5, 5.41) is 8.86. The Kier molecular flexibility index (Phi) is 8.32. The minimum absolute atomic E-state index is 0.106. The number of amides is 1. The highest BCUT2D eigenvalue weighted by Crippen LogP contribution is 2.36. The van der Waals surface area contributed by atoms with Crippen molar-refractivity contribution in [1.29, 1.82) is 0 Å². The molecule has 200 valence electrons. The van der Waals surface area contributed by atoms with Gasteiger partial charge in [-0.3, -0.25) is 4.79 Å². The van der Waals surface area contributed by atoms with E-state index in [9.17, 15) is 9.18 Å². The zero-order chi connectivity index (χ0) is 26.6. The maximum Gasteiger partial charge on any atom is 0.272 e. The number of rotatable bonds is 5. The number of halogens is 2. The molecule has 1 amide bonds. The maximum atomic E-state index is 13.8. The van der Waals surface area contributed by atoms with Crippen molar-refractivity contribution in [3.63, 3.8) is 0 Å². The first kappa shape index (κ1) is 26.7. The number of aromatic nitrogens is 2. The molecule has 2 aliphatic carbocycles. The Morgan fingerprint density at radius 1 is 1.05 bits per heavy atom. The molecule has 0 radical (unpaired) electrons. The molecule has 4 nitrogen and oxygen atoms in total. The second-order valence-corrected chi connectivity index (χ2v) is 11.4. The fourth-order valence-corrected chi connectivity index (χ4v) is 6.31. The van der Waals surface area contributed by atoms with Crippen molar-refractivity contribution in [3.8, 4) is 5.69 Å². The van der Waals surface area contributed by atoms with Gasteiger partial charge >= 0.3 is 0 Å². The van der Waals surface area contributed by atoms with Gasteiger partial charge in [-0.25, -0.2) is 9.07 Å². The van der Waals surface area contributed by atoms with Crippen molar-refractivity contribution >= 4 is 29.2 Å². The van der Waals surface area contributed by atoms with Crippen LogP contribution < -0.4 is 5.32 Å². The molecule has 1 heterocycles. The van der Waals surface area contributed by atoms with E-state index in [1.165, 1.54) is 31.4 Å². The van der Waals surface area contributed by atoms with Gasteiger partial charge in [-0.15, -0.1) is 0 Å². The summed E-state index contributed by atoms with van der Waals surface area (Å²) in [5.41, 5.74) is 6.25. The minimum atomic E-state index is -0.256. The number of benzene rings is 2. The van der Waals surface area contributed by atoms with Crippen molar-refractivity contribution in [2.45, 2.75) is 84.1 Å². The van der Waals surface area contributed by atoms with Gasteiger partial charge in [0.05, 0.1) is 16.4 Å². The molecule has 1 saturated carbocycles. The molecule has 38 heavy (non-hydrogen) atoms. The molecule has 3 aromatic rings. The van der Waals surface area contributed by atoms with Gasteiger partial charge in [0.2, 0.25) is 0 Å². The molecule has 1 aromatic heterocycles. The van der Waals surface area contributed by atoms with E-state index in [1.807, 2.05) is 29.8 Å². The maximum absolute atomic E-state index is 13.8. The standard InChI is InChI=1S/C32H37ClFN3O/c1-21-13-18-29(28(33)19-21)37-31-25(20-23-14-16-26(34)17-15-23)11-7-4-8-12-27(31)30(36-37)32(38)35-22(2)24-9-5-3-6-10-24/h13-20,22,24H,3-12H2,1-2H3,(H,35,38)/b25-20+/t22-/m1/s1. The molecule has 5 rings (SSSR count). The molecule has 1 fully saturated rings. The van der Waals surface area contributed by atoms with Crippen LogP contribution in [0.3, 0.4) is 0 Å². The summed E-state index contributed by atoms with van der Waals surface area (Å²) in [6.45, 7) is 4.14. The Morgan fingerprint density at radius 2 is 1.76 bits per heavy atom. The Bertz CT molecular complexity index is 1320. The summed E-state index contributed by atoms with van der Waals surface area (Å²) in [5.74, 6) is 0.146. The van der Waals surface area contributed by atoms with E-state index >= 15 is 0 Å². The number of nitrogens with zero attached hydrogens (tertiary/aromatic N) is 2. The van der Waals surface area contributed by atoms with Gasteiger partial charge in [0.15, 0.2) is 5.69 Å². The van der Waals surface area contributed by atoms with Gasteiger partial charge in [0.1, 0.15) is 5.82 Å². The largest absolute Gasteiger partial charge is 0.348 e. The lowest BCUT2D eigenvalue weighted by Gasteiger charge is -2.28. The van der Waals surface area contributed by atoms with Crippen LogP contribution in [0.25, 0.3) is 17.3 Å². The molecule has 0 aliphatic heterocycles. The van der Waals surface area contributed by atoms with E-state index in [1.54, 1.807) is 12.1 Å². The zero-order valence-electron chi connectivity index (χ0n) is 22.4. The summed E-state index contributed by atoms with van der Waals surface area (Å²) in [7, 11) is 0. The summed E-state index contributed by atoms with van der Waals surface area (Å²) < 4.78 is 15.5. The van der Waals surface area contributed by atoms with E-state index in [-0.39, 0.29) is 17.8 Å². The lowest BCUT2D eigenvalue weighted by atomic mass is 9.84. The zero-order valence-corrected chi connectivity index (χ0v) is 23.2. The highest BCUT2D eigenvalue weighted by molar-refractivity contribution is 6.32. The van der Waals surface area contributed by atoms with Crippen LogP contribution in [-0.2, 0) is 6.42 Å². The lowest BCUT2D eigenvalue weighted by Crippen LogP contribution is -2.39. The Hall–Kier alpha value is -2.92. The molecule has 1 N–H and O–H groups in total. The van der Waals surface area contributed by atoms with Crippen molar-refractivity contribution < 1.29 is 9.18 Å². The summed E-state index contributed by atoms with van der Waals surface area (Å²) in [6.07, 6.45) is 12.9. The monoisotopic (exact) mass is 533 g/mol. The number of nitrogens with one attached hydrogen (secondary N) is 1. The molecule has 0 unspecified atom stereocenters. The van der Waals surface area contributed by atoms with Crippen molar-refractivity contribution in [2.75, 3.05) is 0 Å². The molecule has 2 aliphatic rings. The molecule has 0 bridgehead atoms. The topological polar surface area (TPSA) is 46.9 Å². The second kappa shape index (κ2) is 11.9. The quantitative estimate of drug-likeness (QED) is 0.358. The number of allylic oxidation sites excluding steroid dienone is 1. The SMILES string of the molecule is Cc1ccc(-n2nc(C(=O)N[C@H](C)C3CCCCC3)c3c2/C(=C/c2ccc(F)cc2)CCCCC3)c(Cl)c1. The van der Waals surface area contributed by atoms with Crippen LogP contribution in [0.5, 0.6) is 0 Å². The van der Waals surface area contributed by atoms with Gasteiger partial charge in [-0.1, -0.05) is 55.5 Å². The van der Waals surface area contributed by atoms with Crippen molar-refractivity contribution in [3.05, 3.63) is 81.4 Å². The number of hydrogen-bond donors (Lipinski definition) is 1. The van der Waals surface area contributed by atoms with Crippen LogP contribution in [0.1, 0.15) is 97.6 Å². The van der Waals surface area contributed by atoms with Crippen molar-refractivity contribution in [2.24, 2.45) is 5.92 Å². The number of fused-ring (bicyclic) bond motifs is 1. The molecule has 6 heteroatoms. The van der Waals surface area contributed by atoms with Crippen LogP contribution >= 0.6 is 11.6 Å². The third-order valence-corrected chi connectivity index (χ3v) is 8.44. The molecule has 1 atom stereocenters. The average molecular weight is 534 g/mol. The highest BCUT2D eigenvalue weighted by atomic mass is 35.5. The van der Waals surface area contributed by atoms with E-state index in [4.69, 9.17) is 16.7 Å². The molecule has 0 saturated heterocycles. The summed E-state index contributed by atoms with van der Waals surface area (Å²) in [6, 6.07) is 12.6. The van der Waals surface area contributed by atoms with Crippen LogP contribution in [0.15, 0.2) is 42.5 Å². The fraction of sp³-hybridized carbons (Fsp3) is 0.438. The van der Waals surface area contributed by atoms with E-state index in [0.29, 0.717) is 16.6 Å². The Balaban J connectivity index is 1.62. The fourth-order valence-electron chi connectivity index (χ4n) is 6.00. The van der Waals surface area contributed by atoms with Gasteiger partial charge in [-0.05, 0) is 105 Å². The first-order valence-electron chi connectivity index (χ1n) is 14.1. The van der Waals surface area contributed by atoms with Gasteiger partial charge in [-0.2, -0.15) is 5.10 Å². The first-order chi connectivity index (χ1) is 18.4. The predicted molar refractivity (Wildman–Crippen MR) is 153 cm³/mol. The van der Waals surface area contributed by atoms with Gasteiger partial charge in [0.25, 0.3) is 5.91 Å². The lowest BCUT2D eigenvalue weighted by molar-refractivity contribution is 0.0912. The smallest absolute Gasteiger partial charge is 0.272 e. The normalized spacial score (nSPS) is 18.5. The second-order valence-electron chi connectivity index (χ2n) is 11.0. The van der Waals surface area contributed by atoms with Crippen LogP contribution in [0.4, 0.5) is 4.39 Å². The van der Waals surface area contributed by atoms with Crippen LogP contribution in [0.2, 0.25) is 5.02 Å². The van der Waals surface area contributed by atoms with E-state index < -0.39 is 0 Å². The Labute approximate surface area is 230 Å². The van der Waals surface area contributed by atoms with Crippen molar-refractivity contribution in [1.82, 2.24) is 15.1 Å². The summed E-state index contributed by atoms with van der Waals surface area (Å²) >= 11 is 6.76. The minimum Gasteiger partial charge on any atom is -0.348 e. The summed E-state index contributed by atoms with van der Waals surface area (Å²) in [4.78, 5) is 13.8.